The Bertz CT molecular complexity index is 1120. The topological polar surface area (TPSA) is 0 Å². The van der Waals surface area contributed by atoms with E-state index in [2.05, 4.69) is 13.8 Å². The first-order chi connectivity index (χ1) is 24.0. The molecule has 0 aromatic carbocycles. The monoisotopic (exact) mass is 669 g/mol. The maximum absolute atomic E-state index is 2.83. The Morgan fingerprint density at radius 3 is 1.20 bits per heavy atom. The van der Waals surface area contributed by atoms with Crippen molar-refractivity contribution >= 4 is 0 Å². The molecule has 0 aromatic heterocycles. The lowest BCUT2D eigenvalue weighted by Gasteiger charge is -2.59. The van der Waals surface area contributed by atoms with Gasteiger partial charge in [-0.2, -0.15) is 0 Å². The van der Waals surface area contributed by atoms with Crippen LogP contribution in [0.4, 0.5) is 0 Å². The van der Waals surface area contributed by atoms with Crippen molar-refractivity contribution in [1.82, 2.24) is 0 Å². The van der Waals surface area contributed by atoms with Gasteiger partial charge in [-0.3, -0.25) is 0 Å². The number of fused-ring (bicyclic) bond motifs is 10. The van der Waals surface area contributed by atoms with E-state index in [1.54, 1.807) is 180 Å². The summed E-state index contributed by atoms with van der Waals surface area (Å²) in [6.45, 7) is 5.67. The van der Waals surface area contributed by atoms with Gasteiger partial charge < -0.3 is 0 Å². The third-order valence-electron chi connectivity index (χ3n) is 21.1. The first-order valence-electron chi connectivity index (χ1n) is 24.0. The largest absolute Gasteiger partial charge is 0.0594 e. The van der Waals surface area contributed by atoms with E-state index in [4.69, 9.17) is 0 Å². The van der Waals surface area contributed by atoms with Gasteiger partial charge >= 0.3 is 0 Å². The highest BCUT2D eigenvalue weighted by Crippen LogP contribution is 2.67. The van der Waals surface area contributed by atoms with Crippen LogP contribution in [0.3, 0.4) is 0 Å². The minimum Gasteiger partial charge on any atom is -0.0594 e. The van der Waals surface area contributed by atoms with E-state index < -0.39 is 0 Å². The van der Waals surface area contributed by atoms with Crippen LogP contribution in [0.25, 0.3) is 0 Å². The van der Waals surface area contributed by atoms with Crippen LogP contribution in [-0.2, 0) is 0 Å². The number of hydrogen-bond acceptors (Lipinski definition) is 0. The molecule has 18 atom stereocenters. The van der Waals surface area contributed by atoms with Crippen LogP contribution in [0.15, 0.2) is 0 Å². The van der Waals surface area contributed by atoms with Gasteiger partial charge in [0, 0.05) is 0 Å². The molecule has 0 heteroatoms. The van der Waals surface area contributed by atoms with Gasteiger partial charge in [0.2, 0.25) is 0 Å². The maximum Gasteiger partial charge on any atom is -0.0292 e. The zero-order chi connectivity index (χ0) is 32.7. The normalized spacial score (nSPS) is 55.5. The Morgan fingerprint density at radius 1 is 0.245 bits per heavy atom. The third kappa shape index (κ3) is 5.83. The highest BCUT2D eigenvalue weighted by atomic mass is 14.6. The summed E-state index contributed by atoms with van der Waals surface area (Å²) in [7, 11) is 0. The Labute approximate surface area is 304 Å². The number of rotatable bonds is 3. The smallest absolute Gasteiger partial charge is 0.0292 e. The molecular weight excluding hydrogens is 589 g/mol. The Kier molecular flexibility index (Phi) is 9.38. The average molecular weight is 669 g/mol. The van der Waals surface area contributed by atoms with Gasteiger partial charge in [0.05, 0.1) is 0 Å². The van der Waals surface area contributed by atoms with Crippen LogP contribution < -0.4 is 0 Å². The summed E-state index contributed by atoms with van der Waals surface area (Å²) in [6.07, 6.45) is 45.0. The van der Waals surface area contributed by atoms with Gasteiger partial charge in [0.15, 0.2) is 0 Å². The lowest BCUT2D eigenvalue weighted by molar-refractivity contribution is -0.0991. The molecule has 0 N–H and O–H groups in total. The van der Waals surface area contributed by atoms with E-state index in [1.807, 2.05) is 0 Å². The fourth-order valence-corrected chi connectivity index (χ4v) is 19.2. The Hall–Kier alpha value is 0. The molecule has 0 aliphatic heterocycles. The van der Waals surface area contributed by atoms with Crippen molar-refractivity contribution in [1.29, 1.82) is 0 Å². The van der Waals surface area contributed by atoms with E-state index in [0.29, 0.717) is 5.41 Å². The molecule has 276 valence electrons. The second kappa shape index (κ2) is 13.7. The molecule has 0 nitrogen and oxygen atoms in total. The van der Waals surface area contributed by atoms with Crippen molar-refractivity contribution in [3.05, 3.63) is 0 Å². The van der Waals surface area contributed by atoms with Gasteiger partial charge in [-0.1, -0.05) is 78.1 Å². The first kappa shape index (κ1) is 33.6. The van der Waals surface area contributed by atoms with Crippen molar-refractivity contribution in [2.45, 2.75) is 194 Å². The summed E-state index contributed by atoms with van der Waals surface area (Å²) in [5.74, 6) is 20.0. The van der Waals surface area contributed by atoms with Gasteiger partial charge in [-0.25, -0.2) is 0 Å². The second-order valence-electron chi connectivity index (χ2n) is 22.6. The molecule has 0 spiro atoms. The molecule has 0 radical (unpaired) electrons. The Balaban J connectivity index is 0.823. The van der Waals surface area contributed by atoms with Crippen molar-refractivity contribution in [3.8, 4) is 0 Å². The van der Waals surface area contributed by atoms with E-state index in [1.165, 1.54) is 0 Å². The zero-order valence-electron chi connectivity index (χ0n) is 32.7. The molecule has 0 bridgehead atoms. The SMILES string of the molecule is CC1(C)C2CC(C3CCC4CCCCC4C3)CCC2C2CCC(C3CCCCC3C3CCC4C5CCCCC5C5CCCCC5C4C3)CC21. The van der Waals surface area contributed by atoms with E-state index >= 15 is 0 Å². The fourth-order valence-electron chi connectivity index (χ4n) is 19.2. The van der Waals surface area contributed by atoms with Crippen LogP contribution in [0.1, 0.15) is 194 Å². The van der Waals surface area contributed by atoms with Crippen LogP contribution in [0, 0.1) is 112 Å². The van der Waals surface area contributed by atoms with E-state index in [0.717, 1.165) is 107 Å². The average Bonchev–Trinajstić information content (AvgIpc) is 3.39. The van der Waals surface area contributed by atoms with Crippen molar-refractivity contribution in [2.24, 2.45) is 112 Å². The molecule has 49 heavy (non-hydrogen) atoms. The predicted molar refractivity (Wildman–Crippen MR) is 206 cm³/mol. The zero-order valence-corrected chi connectivity index (χ0v) is 32.7. The third-order valence-corrected chi connectivity index (χ3v) is 21.1. The number of hydrogen-bond donors (Lipinski definition) is 0. The molecule has 0 amide bonds. The van der Waals surface area contributed by atoms with E-state index in [-0.39, 0.29) is 0 Å². The van der Waals surface area contributed by atoms with Crippen LogP contribution in [0.5, 0.6) is 0 Å². The molecule has 10 fully saturated rings. The minimum absolute atomic E-state index is 0.603. The minimum atomic E-state index is 0.603. The van der Waals surface area contributed by atoms with Crippen molar-refractivity contribution in [3.63, 3.8) is 0 Å². The molecular formula is C49H80. The molecule has 0 heterocycles. The predicted octanol–water partition coefficient (Wildman–Crippen LogP) is 14.2. The van der Waals surface area contributed by atoms with Gasteiger partial charge in [-0.15, -0.1) is 0 Å². The summed E-state index contributed by atoms with van der Waals surface area (Å²) in [4.78, 5) is 0. The lowest BCUT2D eigenvalue weighted by atomic mass is 9.46. The summed E-state index contributed by atoms with van der Waals surface area (Å²) in [5.41, 5.74) is 0.603. The molecule has 10 aliphatic rings. The lowest BCUT2D eigenvalue weighted by Crippen LogP contribution is -2.51. The standard InChI is InChI=1S/C49H80/c1-49(2)47-29-34(33-20-19-31-11-3-4-12-32(31)27-33)21-25-44(47)45-26-23-36(30-48(45)49)38-14-6-5-13-37(38)35-22-24-43-41-17-8-7-15-39(41)40-16-9-10-18-42(40)46(43)28-35/h31-48H,3-30H2,1-2H3. The highest BCUT2D eigenvalue weighted by Gasteiger charge is 2.59. The quantitative estimate of drug-likeness (QED) is 0.281. The fraction of sp³-hybridized carbons (Fsp3) is 1.00. The molecule has 0 saturated heterocycles. The summed E-state index contributed by atoms with van der Waals surface area (Å²) in [6, 6.07) is 0. The van der Waals surface area contributed by atoms with Crippen LogP contribution >= 0.6 is 0 Å². The van der Waals surface area contributed by atoms with Gasteiger partial charge in [-0.05, 0) is 228 Å². The second-order valence-corrected chi connectivity index (χ2v) is 22.6. The summed E-state index contributed by atoms with van der Waals surface area (Å²) >= 11 is 0. The molecule has 10 rings (SSSR count). The van der Waals surface area contributed by atoms with Crippen molar-refractivity contribution < 1.29 is 0 Å². The highest BCUT2D eigenvalue weighted by molar-refractivity contribution is 5.08. The maximum atomic E-state index is 2.83. The molecule has 10 saturated carbocycles. The first-order valence-corrected chi connectivity index (χ1v) is 24.0. The Morgan fingerprint density at radius 2 is 0.592 bits per heavy atom. The molecule has 18 unspecified atom stereocenters. The molecule has 10 aliphatic carbocycles. The molecule has 0 aromatic rings. The van der Waals surface area contributed by atoms with Crippen LogP contribution in [0.2, 0.25) is 0 Å². The van der Waals surface area contributed by atoms with Crippen molar-refractivity contribution in [2.75, 3.05) is 0 Å². The van der Waals surface area contributed by atoms with E-state index in [9.17, 15) is 0 Å². The summed E-state index contributed by atoms with van der Waals surface area (Å²) < 4.78 is 0. The van der Waals surface area contributed by atoms with Gasteiger partial charge in [0.1, 0.15) is 0 Å². The van der Waals surface area contributed by atoms with Gasteiger partial charge in [0.25, 0.3) is 0 Å². The summed E-state index contributed by atoms with van der Waals surface area (Å²) in [5, 5.41) is 0. The van der Waals surface area contributed by atoms with Crippen LogP contribution in [-0.4, -0.2) is 0 Å².